The summed E-state index contributed by atoms with van der Waals surface area (Å²) in [5, 5.41) is 8.86. The molecule has 19 heavy (non-hydrogen) atoms. The van der Waals surface area contributed by atoms with E-state index in [4.69, 9.17) is 32.7 Å². The predicted octanol–water partition coefficient (Wildman–Crippen LogP) is 2.88. The van der Waals surface area contributed by atoms with Gasteiger partial charge < -0.3 is 9.52 Å². The zero-order valence-corrected chi connectivity index (χ0v) is 11.8. The van der Waals surface area contributed by atoms with Crippen LogP contribution >= 0.6 is 23.2 Å². The van der Waals surface area contributed by atoms with Crippen molar-refractivity contribution in [3.05, 3.63) is 46.1 Å². The fourth-order valence-corrected chi connectivity index (χ4v) is 2.79. The number of anilines is 1. The molecule has 5 nitrogen and oxygen atoms in total. The number of sulfonamides is 1. The highest BCUT2D eigenvalue weighted by Gasteiger charge is 2.20. The number of benzene rings is 1. The molecule has 0 saturated carbocycles. The molecule has 0 saturated heterocycles. The van der Waals surface area contributed by atoms with E-state index in [1.54, 1.807) is 12.1 Å². The molecule has 0 unspecified atom stereocenters. The summed E-state index contributed by atoms with van der Waals surface area (Å²) in [7, 11) is -3.91. The molecular formula is C11H9Cl2NO4S. The van der Waals surface area contributed by atoms with Gasteiger partial charge in [0.25, 0.3) is 10.0 Å². The summed E-state index contributed by atoms with van der Waals surface area (Å²) in [6.45, 7) is -0.382. The van der Waals surface area contributed by atoms with Crippen molar-refractivity contribution in [2.45, 2.75) is 11.7 Å². The standard InChI is InChI=1S/C11H9Cl2NO4S/c12-8-2-1-3-9(11(8)13)14-19(16,17)10-5-4-7(6-15)18-10/h1-5,14-15H,6H2. The summed E-state index contributed by atoms with van der Waals surface area (Å²) in [5.74, 6) is 0.151. The van der Waals surface area contributed by atoms with Gasteiger partial charge in [-0.05, 0) is 24.3 Å². The van der Waals surface area contributed by atoms with Crippen LogP contribution in [0.4, 0.5) is 5.69 Å². The lowest BCUT2D eigenvalue weighted by Crippen LogP contribution is -2.12. The first-order chi connectivity index (χ1) is 8.94. The van der Waals surface area contributed by atoms with Crippen molar-refractivity contribution in [3.63, 3.8) is 0 Å². The molecule has 2 N–H and O–H groups in total. The number of hydrogen-bond acceptors (Lipinski definition) is 4. The minimum atomic E-state index is -3.91. The van der Waals surface area contributed by atoms with Crippen LogP contribution in [0.1, 0.15) is 5.76 Å². The van der Waals surface area contributed by atoms with Crippen molar-refractivity contribution in [1.82, 2.24) is 0 Å². The SMILES string of the molecule is O=S(=O)(Nc1cccc(Cl)c1Cl)c1ccc(CO)o1. The van der Waals surface area contributed by atoms with Gasteiger partial charge in [0, 0.05) is 0 Å². The van der Waals surface area contributed by atoms with Gasteiger partial charge in [-0.25, -0.2) is 0 Å². The fraction of sp³-hybridized carbons (Fsp3) is 0.0909. The first-order valence-corrected chi connectivity index (χ1v) is 7.34. The van der Waals surface area contributed by atoms with Gasteiger partial charge in [-0.3, -0.25) is 4.72 Å². The highest BCUT2D eigenvalue weighted by molar-refractivity contribution is 7.92. The second-order valence-corrected chi connectivity index (χ2v) is 5.98. The van der Waals surface area contributed by atoms with Crippen molar-refractivity contribution in [2.24, 2.45) is 0 Å². The van der Waals surface area contributed by atoms with E-state index >= 15 is 0 Å². The third kappa shape index (κ3) is 3.03. The number of halogens is 2. The van der Waals surface area contributed by atoms with Crippen LogP contribution in [-0.4, -0.2) is 13.5 Å². The van der Waals surface area contributed by atoms with E-state index in [-0.39, 0.29) is 33.2 Å². The Morgan fingerprint density at radius 3 is 2.58 bits per heavy atom. The van der Waals surface area contributed by atoms with Crippen molar-refractivity contribution in [3.8, 4) is 0 Å². The van der Waals surface area contributed by atoms with E-state index in [1.165, 1.54) is 18.2 Å². The quantitative estimate of drug-likeness (QED) is 0.907. The Bertz CT molecular complexity index is 696. The Kier molecular flexibility index (Phi) is 4.05. The summed E-state index contributed by atoms with van der Waals surface area (Å²) >= 11 is 11.7. The lowest BCUT2D eigenvalue weighted by molar-refractivity contribution is 0.236. The van der Waals surface area contributed by atoms with E-state index < -0.39 is 10.0 Å². The molecule has 1 aromatic heterocycles. The van der Waals surface area contributed by atoms with Crippen LogP contribution in [0.25, 0.3) is 0 Å². The largest absolute Gasteiger partial charge is 0.445 e. The monoisotopic (exact) mass is 321 g/mol. The molecule has 2 aromatic rings. The molecular weight excluding hydrogens is 313 g/mol. The number of rotatable bonds is 4. The highest BCUT2D eigenvalue weighted by Crippen LogP contribution is 2.31. The van der Waals surface area contributed by atoms with Crippen molar-refractivity contribution < 1.29 is 17.9 Å². The minimum Gasteiger partial charge on any atom is -0.445 e. The maximum absolute atomic E-state index is 12.0. The van der Waals surface area contributed by atoms with Crippen molar-refractivity contribution in [2.75, 3.05) is 4.72 Å². The van der Waals surface area contributed by atoms with Crippen LogP contribution in [-0.2, 0) is 16.6 Å². The van der Waals surface area contributed by atoms with Gasteiger partial charge in [0.05, 0.1) is 15.7 Å². The third-order valence-electron chi connectivity index (χ3n) is 2.25. The second-order valence-electron chi connectivity index (χ2n) is 3.59. The van der Waals surface area contributed by atoms with Gasteiger partial charge in [0.15, 0.2) is 0 Å². The average molecular weight is 322 g/mol. The third-order valence-corrected chi connectivity index (χ3v) is 4.31. The molecule has 0 bridgehead atoms. The Labute approximate surface area is 119 Å². The minimum absolute atomic E-state index is 0.0988. The van der Waals surface area contributed by atoms with Crippen LogP contribution in [0.2, 0.25) is 10.0 Å². The molecule has 8 heteroatoms. The summed E-state index contributed by atoms with van der Waals surface area (Å²) in [4.78, 5) is 0. The van der Waals surface area contributed by atoms with Gasteiger partial charge >= 0.3 is 0 Å². The number of aliphatic hydroxyl groups is 1. The Hall–Kier alpha value is -1.21. The maximum Gasteiger partial charge on any atom is 0.295 e. The second kappa shape index (κ2) is 5.42. The number of aliphatic hydroxyl groups excluding tert-OH is 1. The Balaban J connectivity index is 2.33. The number of furan rings is 1. The van der Waals surface area contributed by atoms with Crippen LogP contribution in [0.15, 0.2) is 39.8 Å². The molecule has 0 fully saturated rings. The molecule has 1 aromatic carbocycles. The molecule has 0 radical (unpaired) electrons. The molecule has 102 valence electrons. The van der Waals surface area contributed by atoms with Gasteiger partial charge in [0.2, 0.25) is 5.09 Å². The van der Waals surface area contributed by atoms with Crippen molar-refractivity contribution >= 4 is 38.9 Å². The van der Waals surface area contributed by atoms with Gasteiger partial charge in [-0.2, -0.15) is 8.42 Å². The van der Waals surface area contributed by atoms with E-state index in [9.17, 15) is 8.42 Å². The van der Waals surface area contributed by atoms with Gasteiger partial charge in [-0.1, -0.05) is 29.3 Å². The van der Waals surface area contributed by atoms with E-state index in [2.05, 4.69) is 4.72 Å². The summed E-state index contributed by atoms with van der Waals surface area (Å²) in [6.07, 6.45) is 0. The van der Waals surface area contributed by atoms with Crippen LogP contribution in [0.3, 0.4) is 0 Å². The smallest absolute Gasteiger partial charge is 0.295 e. The zero-order chi connectivity index (χ0) is 14.0. The Morgan fingerprint density at radius 2 is 1.95 bits per heavy atom. The zero-order valence-electron chi connectivity index (χ0n) is 9.43. The molecule has 0 spiro atoms. The van der Waals surface area contributed by atoms with E-state index in [0.29, 0.717) is 0 Å². The molecule has 0 atom stereocenters. The molecule has 0 aliphatic rings. The predicted molar refractivity (Wildman–Crippen MR) is 71.9 cm³/mol. The van der Waals surface area contributed by atoms with Crippen molar-refractivity contribution in [1.29, 1.82) is 0 Å². The fourth-order valence-electron chi connectivity index (χ4n) is 1.37. The number of nitrogens with one attached hydrogen (secondary N) is 1. The van der Waals surface area contributed by atoms with E-state index in [0.717, 1.165) is 0 Å². The van der Waals surface area contributed by atoms with Gasteiger partial charge in [0.1, 0.15) is 12.4 Å². The molecule has 2 rings (SSSR count). The Morgan fingerprint density at radius 1 is 1.21 bits per heavy atom. The lowest BCUT2D eigenvalue weighted by Gasteiger charge is -2.08. The van der Waals surface area contributed by atoms with Gasteiger partial charge in [-0.15, -0.1) is 0 Å². The summed E-state index contributed by atoms with van der Waals surface area (Å²) in [5.41, 5.74) is 0.149. The normalized spacial score (nSPS) is 11.5. The summed E-state index contributed by atoms with van der Waals surface area (Å²) in [6, 6.07) is 7.19. The number of hydrogen-bond donors (Lipinski definition) is 2. The summed E-state index contributed by atoms with van der Waals surface area (Å²) < 4.78 is 31.2. The maximum atomic E-state index is 12.0. The molecule has 1 heterocycles. The van der Waals surface area contributed by atoms with Crippen LogP contribution in [0.5, 0.6) is 0 Å². The molecule has 0 aliphatic heterocycles. The topological polar surface area (TPSA) is 79.5 Å². The van der Waals surface area contributed by atoms with E-state index in [1.807, 2.05) is 0 Å². The van der Waals surface area contributed by atoms with Crippen LogP contribution in [0, 0.1) is 0 Å². The first-order valence-electron chi connectivity index (χ1n) is 5.10. The highest BCUT2D eigenvalue weighted by atomic mass is 35.5. The molecule has 0 amide bonds. The molecule has 0 aliphatic carbocycles. The first kappa shape index (κ1) is 14.2. The van der Waals surface area contributed by atoms with Crippen LogP contribution < -0.4 is 4.72 Å². The average Bonchev–Trinajstić information content (AvgIpc) is 2.84. The lowest BCUT2D eigenvalue weighted by atomic mass is 10.3.